The second kappa shape index (κ2) is 2.09. The highest BCUT2D eigenvalue weighted by Crippen LogP contribution is 1.99. The van der Waals surface area contributed by atoms with Crippen LogP contribution in [0.2, 0.25) is 0 Å². The molecule has 0 atom stereocenters. The molecule has 0 amide bonds. The molecular formula is C5H7N3O2. The summed E-state index contributed by atoms with van der Waals surface area (Å²) in [5.74, 6) is 0.0440. The standard InChI is InChI=1S/C5H7N3O2/c1-6-3-5(8(9)10)7(2)4-6/h3H,1-2H3. The van der Waals surface area contributed by atoms with Gasteiger partial charge in [-0.25, -0.2) is 0 Å². The van der Waals surface area contributed by atoms with Crippen LogP contribution in [0.15, 0.2) is 6.20 Å². The Morgan fingerprint density at radius 2 is 2.50 bits per heavy atom. The molecule has 0 aliphatic carbocycles. The highest BCUT2D eigenvalue weighted by atomic mass is 16.6. The predicted molar refractivity (Wildman–Crippen MR) is 32.1 cm³/mol. The van der Waals surface area contributed by atoms with Crippen LogP contribution >= 0.6 is 0 Å². The average Bonchev–Trinajstić information content (AvgIpc) is 2.10. The Hall–Kier alpha value is -1.39. The number of hydrogen-bond acceptors (Lipinski definition) is 2. The summed E-state index contributed by atoms with van der Waals surface area (Å²) < 4.78 is 2.85. The minimum Gasteiger partial charge on any atom is -0.336 e. The number of nitrogens with zero attached hydrogens (tertiary/aromatic N) is 3. The normalized spacial score (nSPS) is 9.80. The summed E-state index contributed by atoms with van der Waals surface area (Å²) in [5.41, 5.74) is 0. The number of hydrogen-bond donors (Lipinski definition) is 0. The molecule has 0 saturated heterocycles. The Kier molecular flexibility index (Phi) is 1.41. The molecule has 0 spiro atoms. The van der Waals surface area contributed by atoms with E-state index in [9.17, 15) is 10.1 Å². The predicted octanol–water partition coefficient (Wildman–Crippen LogP) is -0.442. The smallest absolute Gasteiger partial charge is 0.283 e. The maximum Gasteiger partial charge on any atom is 0.283 e. The minimum absolute atomic E-state index is 0.0440. The van der Waals surface area contributed by atoms with Crippen LogP contribution in [0, 0.1) is 16.4 Å². The van der Waals surface area contributed by atoms with E-state index in [4.69, 9.17) is 0 Å². The molecule has 0 aliphatic rings. The van der Waals surface area contributed by atoms with E-state index in [2.05, 4.69) is 6.33 Å². The summed E-state index contributed by atoms with van der Waals surface area (Å²) in [6.07, 6.45) is 4.08. The van der Waals surface area contributed by atoms with Gasteiger partial charge in [-0.3, -0.25) is 4.57 Å². The van der Waals surface area contributed by atoms with Crippen molar-refractivity contribution in [2.24, 2.45) is 14.1 Å². The summed E-state index contributed by atoms with van der Waals surface area (Å²) in [5, 5.41) is 10.2. The minimum atomic E-state index is -0.448. The van der Waals surface area contributed by atoms with Crippen molar-refractivity contribution in [1.29, 1.82) is 0 Å². The van der Waals surface area contributed by atoms with Crippen LogP contribution < -0.4 is 4.57 Å². The number of imidazole rings is 1. The Balaban J connectivity index is 3.15. The monoisotopic (exact) mass is 141 g/mol. The zero-order chi connectivity index (χ0) is 7.72. The molecule has 0 aromatic carbocycles. The molecule has 0 saturated carbocycles. The van der Waals surface area contributed by atoms with E-state index in [1.54, 1.807) is 14.1 Å². The molecule has 1 aromatic rings. The third kappa shape index (κ3) is 0.975. The number of aryl methyl sites for hydroxylation is 2. The van der Waals surface area contributed by atoms with Crippen molar-refractivity contribution in [1.82, 2.24) is 4.57 Å². The number of rotatable bonds is 1. The quantitative estimate of drug-likeness (QED) is 0.230. The van der Waals surface area contributed by atoms with Crippen LogP contribution in [-0.2, 0) is 14.1 Å². The van der Waals surface area contributed by atoms with Gasteiger partial charge in [0.25, 0.3) is 12.1 Å². The van der Waals surface area contributed by atoms with E-state index in [1.807, 2.05) is 0 Å². The zero-order valence-electron chi connectivity index (χ0n) is 5.74. The Morgan fingerprint density at radius 1 is 1.90 bits per heavy atom. The maximum atomic E-state index is 10.2. The lowest BCUT2D eigenvalue weighted by Crippen LogP contribution is -2.28. The maximum absolute atomic E-state index is 10.2. The molecule has 1 heterocycles. The molecular weight excluding hydrogens is 134 g/mol. The summed E-state index contributed by atoms with van der Waals surface area (Å²) in [7, 11) is 3.27. The van der Waals surface area contributed by atoms with Gasteiger partial charge in [0.2, 0.25) is 0 Å². The molecule has 10 heavy (non-hydrogen) atoms. The fourth-order valence-corrected chi connectivity index (χ4v) is 0.746. The van der Waals surface area contributed by atoms with Crippen molar-refractivity contribution in [2.75, 3.05) is 0 Å². The lowest BCUT2D eigenvalue weighted by atomic mass is 10.7. The van der Waals surface area contributed by atoms with Crippen LogP contribution in [0.4, 0.5) is 5.82 Å². The van der Waals surface area contributed by atoms with Gasteiger partial charge in [-0.05, 0) is 4.92 Å². The van der Waals surface area contributed by atoms with Gasteiger partial charge in [0, 0.05) is 0 Å². The van der Waals surface area contributed by atoms with E-state index in [0.717, 1.165) is 0 Å². The SMILES string of the molecule is Cn1[c-][n+](C)c([N+](=O)[O-])c1. The van der Waals surface area contributed by atoms with Gasteiger partial charge >= 0.3 is 0 Å². The molecule has 54 valence electrons. The average molecular weight is 141 g/mol. The molecule has 0 bridgehead atoms. The third-order valence-corrected chi connectivity index (χ3v) is 1.15. The summed E-state index contributed by atoms with van der Waals surface area (Å²) in [4.78, 5) is 9.74. The van der Waals surface area contributed by atoms with E-state index in [1.165, 1.54) is 15.3 Å². The molecule has 0 unspecified atom stereocenters. The molecule has 1 rings (SSSR count). The largest absolute Gasteiger partial charge is 0.336 e. The first-order valence-electron chi connectivity index (χ1n) is 2.70. The summed E-state index contributed by atoms with van der Waals surface area (Å²) in [6, 6.07) is 0. The van der Waals surface area contributed by atoms with Crippen molar-refractivity contribution in [2.45, 2.75) is 0 Å². The number of nitro groups is 1. The fraction of sp³-hybridized carbons (Fsp3) is 0.400. The molecule has 0 radical (unpaired) electrons. The second-order valence-electron chi connectivity index (χ2n) is 2.01. The van der Waals surface area contributed by atoms with Crippen LogP contribution in [-0.4, -0.2) is 9.49 Å². The van der Waals surface area contributed by atoms with Gasteiger partial charge in [0.15, 0.2) is 0 Å². The van der Waals surface area contributed by atoms with Crippen LogP contribution in [0.25, 0.3) is 0 Å². The first-order chi connectivity index (χ1) is 4.61. The Morgan fingerprint density at radius 3 is 2.70 bits per heavy atom. The van der Waals surface area contributed by atoms with Crippen molar-refractivity contribution in [3.63, 3.8) is 0 Å². The van der Waals surface area contributed by atoms with Crippen molar-refractivity contribution >= 4 is 5.82 Å². The Bertz CT molecular complexity index is 266. The highest BCUT2D eigenvalue weighted by Gasteiger charge is 2.06. The first-order valence-corrected chi connectivity index (χ1v) is 2.70. The Labute approximate surface area is 57.7 Å². The highest BCUT2D eigenvalue weighted by molar-refractivity contribution is 5.02. The zero-order valence-corrected chi connectivity index (χ0v) is 5.74. The fourth-order valence-electron chi connectivity index (χ4n) is 0.746. The van der Waals surface area contributed by atoms with Gasteiger partial charge in [0.1, 0.15) is 0 Å². The molecule has 5 nitrogen and oxygen atoms in total. The van der Waals surface area contributed by atoms with E-state index in [0.29, 0.717) is 0 Å². The lowest BCUT2D eigenvalue weighted by Gasteiger charge is -1.92. The molecule has 1 aromatic heterocycles. The molecule has 0 fully saturated rings. The van der Waals surface area contributed by atoms with Crippen LogP contribution in [0.5, 0.6) is 0 Å². The summed E-state index contributed by atoms with van der Waals surface area (Å²) in [6.45, 7) is 0. The van der Waals surface area contributed by atoms with E-state index >= 15 is 0 Å². The lowest BCUT2D eigenvalue weighted by molar-refractivity contribution is -0.717. The van der Waals surface area contributed by atoms with Gasteiger partial charge in [-0.1, -0.05) is 0 Å². The topological polar surface area (TPSA) is 52.0 Å². The van der Waals surface area contributed by atoms with Crippen molar-refractivity contribution in [3.8, 4) is 0 Å². The van der Waals surface area contributed by atoms with Gasteiger partial charge in [0.05, 0.1) is 20.3 Å². The van der Waals surface area contributed by atoms with Gasteiger partial charge in [-0.15, -0.1) is 0 Å². The van der Waals surface area contributed by atoms with Crippen molar-refractivity contribution in [3.05, 3.63) is 22.6 Å². The van der Waals surface area contributed by atoms with Crippen molar-refractivity contribution < 1.29 is 9.49 Å². The molecule has 5 heteroatoms. The van der Waals surface area contributed by atoms with Crippen LogP contribution in [0.3, 0.4) is 0 Å². The third-order valence-electron chi connectivity index (χ3n) is 1.15. The second-order valence-corrected chi connectivity index (χ2v) is 2.01. The number of aromatic nitrogens is 2. The van der Waals surface area contributed by atoms with Crippen LogP contribution in [0.1, 0.15) is 0 Å². The van der Waals surface area contributed by atoms with Gasteiger partial charge < -0.3 is 14.7 Å². The van der Waals surface area contributed by atoms with Gasteiger partial charge in [-0.2, -0.15) is 0 Å². The van der Waals surface area contributed by atoms with E-state index in [-0.39, 0.29) is 5.82 Å². The molecule has 0 N–H and O–H groups in total. The summed E-state index contributed by atoms with van der Waals surface area (Å²) >= 11 is 0. The van der Waals surface area contributed by atoms with E-state index < -0.39 is 4.92 Å². The molecule has 0 aliphatic heterocycles. The first kappa shape index (κ1) is 6.73.